The normalized spacial score (nSPS) is 11.0. The summed E-state index contributed by atoms with van der Waals surface area (Å²) in [6.07, 6.45) is 0. The van der Waals surface area contributed by atoms with Gasteiger partial charge in [-0.1, -0.05) is 12.1 Å². The molecule has 8 heteroatoms. The second-order valence-electron chi connectivity index (χ2n) is 4.41. The first-order chi connectivity index (χ1) is 10.7. The molecule has 2 aromatic carbocycles. The van der Waals surface area contributed by atoms with Gasteiger partial charge in [-0.2, -0.15) is 9.46 Å². The van der Waals surface area contributed by atoms with Crippen molar-refractivity contribution < 1.29 is 29.1 Å². The number of ether oxygens (including phenoxy) is 2. The number of para-hydroxylation sites is 2. The van der Waals surface area contributed by atoms with E-state index >= 15 is 0 Å². The first-order valence-electron chi connectivity index (χ1n) is 6.36. The molecule has 3 aromatic rings. The number of aliphatic hydroxyl groups is 2. The molecule has 0 bridgehead atoms. The molecule has 3 rings (SSSR count). The van der Waals surface area contributed by atoms with E-state index in [1.54, 1.807) is 12.1 Å². The van der Waals surface area contributed by atoms with E-state index in [1.807, 2.05) is 0 Å². The first kappa shape index (κ1) is 14.1. The highest BCUT2D eigenvalue weighted by Gasteiger charge is 2.24. The quantitative estimate of drug-likeness (QED) is 0.302. The maximum Gasteiger partial charge on any atom is 0.294 e. The summed E-state index contributed by atoms with van der Waals surface area (Å²) in [6, 6.07) is 8.92. The maximum absolute atomic E-state index is 12.4. The minimum atomic E-state index is -0.642. The van der Waals surface area contributed by atoms with E-state index in [9.17, 15) is 10.4 Å². The van der Waals surface area contributed by atoms with Crippen LogP contribution in [0.25, 0.3) is 22.1 Å². The van der Waals surface area contributed by atoms with E-state index in [1.165, 1.54) is 24.3 Å². The Kier molecular flexibility index (Phi) is 3.53. The molecule has 22 heavy (non-hydrogen) atoms. The molecule has 0 fully saturated rings. The van der Waals surface area contributed by atoms with Crippen molar-refractivity contribution in [3.63, 3.8) is 0 Å². The van der Waals surface area contributed by atoms with Crippen molar-refractivity contribution in [1.29, 1.82) is 0 Å². The predicted molar refractivity (Wildman–Crippen MR) is 74.8 cm³/mol. The lowest BCUT2D eigenvalue weighted by Crippen LogP contribution is -2.39. The summed E-state index contributed by atoms with van der Waals surface area (Å²) >= 11 is 0. The molecule has 8 nitrogen and oxygen atoms in total. The van der Waals surface area contributed by atoms with Gasteiger partial charge in [0.1, 0.15) is 0 Å². The molecule has 0 spiro atoms. The van der Waals surface area contributed by atoms with Crippen LogP contribution < -0.4 is 18.9 Å². The van der Waals surface area contributed by atoms with Crippen molar-refractivity contribution >= 4 is 22.1 Å². The first-order valence-corrected chi connectivity index (χ1v) is 6.36. The lowest BCUT2D eigenvalue weighted by molar-refractivity contribution is -0.591. The molecule has 0 radical (unpaired) electrons. The van der Waals surface area contributed by atoms with Crippen molar-refractivity contribution in [2.75, 3.05) is 13.6 Å². The number of hydrogen-bond acceptors (Lipinski definition) is 6. The van der Waals surface area contributed by atoms with Crippen LogP contribution in [0.5, 0.6) is 11.5 Å². The van der Waals surface area contributed by atoms with Gasteiger partial charge in [0.25, 0.3) is 22.1 Å². The largest absolute Gasteiger partial charge is 0.617 e. The van der Waals surface area contributed by atoms with Gasteiger partial charge in [0.05, 0.1) is 12.1 Å². The molecule has 0 aliphatic rings. The van der Waals surface area contributed by atoms with E-state index in [2.05, 4.69) is 0 Å². The molecule has 0 unspecified atom stereocenters. The van der Waals surface area contributed by atoms with Gasteiger partial charge >= 0.3 is 0 Å². The fourth-order valence-corrected chi connectivity index (χ4v) is 2.30. The fraction of sp³-hybridized carbons (Fsp3) is 0.143. The van der Waals surface area contributed by atoms with Crippen LogP contribution in [-0.2, 0) is 0 Å². The molecule has 0 aliphatic carbocycles. The van der Waals surface area contributed by atoms with E-state index in [0.29, 0.717) is 9.46 Å². The summed E-state index contributed by atoms with van der Waals surface area (Å²) in [5.74, 6) is 0.0906. The topological polar surface area (TPSA) is 113 Å². The third kappa shape index (κ3) is 2.10. The maximum atomic E-state index is 12.4. The SMILES string of the molecule is [O-][n+]1c2ccccc2[n+]([O-])c2cc(OCO)c(OCO)cc21. The van der Waals surface area contributed by atoms with Crippen LogP contribution in [0.1, 0.15) is 0 Å². The summed E-state index contributed by atoms with van der Waals surface area (Å²) in [5.41, 5.74) is 0.524. The standard InChI is InChI=1S/C14H12N2O6/c17-7-21-13-5-11-12(6-14(13)22-8-18)16(20)10-4-2-1-3-9(10)15(11)19/h1-6,17-18H,7-8H2. The van der Waals surface area contributed by atoms with Gasteiger partial charge in [0.2, 0.25) is 0 Å². The Morgan fingerprint density at radius 2 is 1.18 bits per heavy atom. The molecule has 114 valence electrons. The third-order valence-corrected chi connectivity index (χ3v) is 3.24. The molecular formula is C14H12N2O6. The van der Waals surface area contributed by atoms with Crippen molar-refractivity contribution in [3.8, 4) is 11.5 Å². The van der Waals surface area contributed by atoms with Crippen LogP contribution in [0.4, 0.5) is 0 Å². The van der Waals surface area contributed by atoms with Gasteiger partial charge in [0.15, 0.2) is 25.1 Å². The van der Waals surface area contributed by atoms with Crippen molar-refractivity contribution in [3.05, 3.63) is 46.8 Å². The highest BCUT2D eigenvalue weighted by atomic mass is 16.6. The molecular weight excluding hydrogens is 292 g/mol. The second-order valence-corrected chi connectivity index (χ2v) is 4.41. The molecule has 1 heterocycles. The van der Waals surface area contributed by atoms with E-state index in [4.69, 9.17) is 19.7 Å². The van der Waals surface area contributed by atoms with Crippen molar-refractivity contribution in [1.82, 2.24) is 0 Å². The van der Waals surface area contributed by atoms with Gasteiger partial charge in [-0.25, -0.2) is 0 Å². The van der Waals surface area contributed by atoms with E-state index in [-0.39, 0.29) is 33.6 Å². The average molecular weight is 304 g/mol. The lowest BCUT2D eigenvalue weighted by atomic mass is 10.2. The molecule has 0 aliphatic heterocycles. The van der Waals surface area contributed by atoms with Crippen molar-refractivity contribution in [2.45, 2.75) is 0 Å². The smallest absolute Gasteiger partial charge is 0.294 e. The van der Waals surface area contributed by atoms with Crippen LogP contribution in [-0.4, -0.2) is 23.8 Å². The van der Waals surface area contributed by atoms with E-state index < -0.39 is 13.6 Å². The van der Waals surface area contributed by atoms with Gasteiger partial charge in [0, 0.05) is 12.1 Å². The Morgan fingerprint density at radius 3 is 1.55 bits per heavy atom. The predicted octanol–water partition coefficient (Wildman–Crippen LogP) is -0.0830. The molecule has 1 aromatic heterocycles. The van der Waals surface area contributed by atoms with Gasteiger partial charge in [-0.05, 0) is 0 Å². The number of aliphatic hydroxyl groups excluding tert-OH is 2. The molecule has 0 saturated carbocycles. The highest BCUT2D eigenvalue weighted by molar-refractivity contribution is 5.79. The van der Waals surface area contributed by atoms with Crippen LogP contribution >= 0.6 is 0 Å². The molecule has 2 N–H and O–H groups in total. The summed E-state index contributed by atoms with van der Waals surface area (Å²) in [7, 11) is 0. The highest BCUT2D eigenvalue weighted by Crippen LogP contribution is 2.30. The lowest BCUT2D eigenvalue weighted by Gasteiger charge is -2.12. The minimum absolute atomic E-state index is 0.0453. The number of rotatable bonds is 4. The Balaban J connectivity index is 2.39. The van der Waals surface area contributed by atoms with Gasteiger partial charge in [-0.3, -0.25) is 0 Å². The van der Waals surface area contributed by atoms with Crippen LogP contribution in [0.15, 0.2) is 36.4 Å². The zero-order valence-corrected chi connectivity index (χ0v) is 11.3. The van der Waals surface area contributed by atoms with Crippen LogP contribution in [0.2, 0.25) is 0 Å². The number of nitrogens with zero attached hydrogens (tertiary/aromatic N) is 2. The summed E-state index contributed by atoms with van der Waals surface area (Å²) < 4.78 is 11.1. The summed E-state index contributed by atoms with van der Waals surface area (Å²) in [4.78, 5) is 0. The zero-order valence-electron chi connectivity index (χ0n) is 11.3. The minimum Gasteiger partial charge on any atom is -0.617 e. The number of fused-ring (bicyclic) bond motifs is 2. The van der Waals surface area contributed by atoms with Gasteiger partial charge < -0.3 is 30.1 Å². The second kappa shape index (κ2) is 5.51. The molecule has 0 amide bonds. The monoisotopic (exact) mass is 304 g/mol. The number of aromatic nitrogens is 2. The van der Waals surface area contributed by atoms with Gasteiger partial charge in [-0.15, -0.1) is 0 Å². The zero-order chi connectivity index (χ0) is 15.7. The molecule has 0 saturated heterocycles. The number of benzene rings is 2. The summed E-state index contributed by atoms with van der Waals surface area (Å²) in [6.45, 7) is -1.28. The van der Waals surface area contributed by atoms with Crippen LogP contribution in [0.3, 0.4) is 0 Å². The number of hydrogen-bond donors (Lipinski definition) is 2. The third-order valence-electron chi connectivity index (χ3n) is 3.24. The Labute approximate surface area is 124 Å². The Bertz CT molecular complexity index is 782. The van der Waals surface area contributed by atoms with Crippen molar-refractivity contribution in [2.24, 2.45) is 0 Å². The summed E-state index contributed by atoms with van der Waals surface area (Å²) in [5, 5.41) is 42.6. The molecule has 0 atom stereocenters. The average Bonchev–Trinajstić information content (AvgIpc) is 2.54. The Morgan fingerprint density at radius 1 is 0.773 bits per heavy atom. The Hall–Kier alpha value is -2.84. The fourth-order valence-electron chi connectivity index (χ4n) is 2.30. The van der Waals surface area contributed by atoms with E-state index in [0.717, 1.165) is 0 Å². The van der Waals surface area contributed by atoms with Crippen LogP contribution in [0, 0.1) is 10.4 Å².